The number of hydrogen-bond acceptors (Lipinski definition) is 1. The highest BCUT2D eigenvalue weighted by molar-refractivity contribution is 5.77. The molecule has 0 saturated heterocycles. The molecular weight excluding hydrogens is 224 g/mol. The van der Waals surface area contributed by atoms with Crippen molar-refractivity contribution in [3.63, 3.8) is 0 Å². The number of benzene rings is 2. The van der Waals surface area contributed by atoms with Crippen LogP contribution in [0, 0.1) is 0 Å². The summed E-state index contributed by atoms with van der Waals surface area (Å²) >= 11 is 0. The van der Waals surface area contributed by atoms with E-state index in [2.05, 4.69) is 4.79 Å². The van der Waals surface area contributed by atoms with E-state index in [0.29, 0.717) is 16.7 Å². The Morgan fingerprint density at radius 2 is 1.61 bits per heavy atom. The highest BCUT2D eigenvalue weighted by atomic mass is 16.3. The zero-order valence-electron chi connectivity index (χ0n) is 9.58. The van der Waals surface area contributed by atoms with Gasteiger partial charge in [-0.25, -0.2) is 0 Å². The van der Waals surface area contributed by atoms with E-state index in [9.17, 15) is 0 Å². The Morgan fingerprint density at radius 3 is 2.39 bits per heavy atom. The fraction of sp³-hybridized carbons (Fsp3) is 0. The van der Waals surface area contributed by atoms with Crippen molar-refractivity contribution in [2.45, 2.75) is 0 Å². The van der Waals surface area contributed by atoms with E-state index in [1.54, 1.807) is 6.07 Å². The summed E-state index contributed by atoms with van der Waals surface area (Å²) in [7, 11) is 0. The Balaban J connectivity index is 2.37. The smallest absolute Gasteiger partial charge is 0.330 e. The summed E-state index contributed by atoms with van der Waals surface area (Å²) in [4.78, 5) is 3.32. The van der Waals surface area contributed by atoms with Crippen molar-refractivity contribution in [3.8, 4) is 11.3 Å². The van der Waals surface area contributed by atoms with E-state index in [1.807, 2.05) is 54.6 Å². The van der Waals surface area contributed by atoms with E-state index in [0.717, 1.165) is 10.9 Å². The molecule has 0 aliphatic heterocycles. The van der Waals surface area contributed by atoms with Gasteiger partial charge in [-0.05, 0) is 12.1 Å². The molecule has 3 heteroatoms. The lowest BCUT2D eigenvalue weighted by Gasteiger charge is -2.01. The predicted molar refractivity (Wildman–Crippen MR) is 68.4 cm³/mol. The van der Waals surface area contributed by atoms with Crippen LogP contribution in [0.15, 0.2) is 65.1 Å². The summed E-state index contributed by atoms with van der Waals surface area (Å²) in [5, 5.41) is 1.30. The Labute approximate surface area is 104 Å². The van der Waals surface area contributed by atoms with Crippen molar-refractivity contribution in [1.82, 2.24) is 0 Å². The Hall–Kier alpha value is -2.64. The first-order valence-corrected chi connectivity index (χ1v) is 5.65. The molecule has 3 aromatic rings. The van der Waals surface area contributed by atoms with Crippen LogP contribution in [0.5, 0.6) is 0 Å². The van der Waals surface area contributed by atoms with E-state index in [1.165, 1.54) is 0 Å². The van der Waals surface area contributed by atoms with Gasteiger partial charge >= 0.3 is 5.36 Å². The lowest BCUT2D eigenvalue weighted by Crippen LogP contribution is -2.04. The fourth-order valence-electron chi connectivity index (χ4n) is 1.94. The van der Waals surface area contributed by atoms with Gasteiger partial charge in [0.1, 0.15) is 16.7 Å². The first kappa shape index (κ1) is 10.5. The molecule has 0 N–H and O–H groups in total. The standard InChI is InChI=1S/C15H10N2O/c16-17-13-10-15(11-6-2-1-3-7-11)18-14-9-5-4-8-12(13)14/h1-10H. The molecule has 3 nitrogen and oxygen atoms in total. The minimum absolute atomic E-state index is 0.510. The van der Waals surface area contributed by atoms with Crippen LogP contribution in [0.1, 0.15) is 0 Å². The van der Waals surface area contributed by atoms with Gasteiger partial charge in [-0.15, -0.1) is 0 Å². The largest absolute Gasteiger partial charge is 0.456 e. The van der Waals surface area contributed by atoms with E-state index >= 15 is 0 Å². The molecule has 3 rings (SSSR count). The molecule has 0 unspecified atom stereocenters. The van der Waals surface area contributed by atoms with Crippen LogP contribution >= 0.6 is 0 Å². The number of fused-ring (bicyclic) bond motifs is 1. The summed E-state index contributed by atoms with van der Waals surface area (Å²) in [5.41, 5.74) is 10.7. The summed E-state index contributed by atoms with van der Waals surface area (Å²) in [6.07, 6.45) is 0. The minimum Gasteiger partial charge on any atom is -0.456 e. The van der Waals surface area contributed by atoms with Crippen molar-refractivity contribution in [3.05, 3.63) is 71.6 Å². The van der Waals surface area contributed by atoms with E-state index < -0.39 is 0 Å². The topological polar surface area (TPSA) is 49.5 Å². The second-order valence-corrected chi connectivity index (χ2v) is 3.96. The second-order valence-electron chi connectivity index (χ2n) is 3.96. The molecule has 0 bridgehead atoms. The van der Waals surface area contributed by atoms with Gasteiger partial charge in [0.2, 0.25) is 0 Å². The quantitative estimate of drug-likeness (QED) is 0.471. The van der Waals surface area contributed by atoms with Crippen molar-refractivity contribution >= 4 is 11.0 Å². The van der Waals surface area contributed by atoms with Gasteiger partial charge in [0.05, 0.1) is 6.07 Å². The maximum atomic E-state index is 9.09. The molecule has 0 radical (unpaired) electrons. The van der Waals surface area contributed by atoms with Gasteiger partial charge in [-0.2, -0.15) is 4.79 Å². The molecule has 86 valence electrons. The van der Waals surface area contributed by atoms with Gasteiger partial charge in [-0.3, -0.25) is 0 Å². The van der Waals surface area contributed by atoms with Crippen molar-refractivity contribution in [2.24, 2.45) is 0 Å². The second kappa shape index (κ2) is 4.32. The molecule has 1 aromatic heterocycles. The third kappa shape index (κ3) is 1.73. The van der Waals surface area contributed by atoms with Gasteiger partial charge in [0, 0.05) is 5.56 Å². The lowest BCUT2D eigenvalue weighted by molar-refractivity contribution is -0.0628. The van der Waals surface area contributed by atoms with Gasteiger partial charge in [-0.1, -0.05) is 42.5 Å². The van der Waals surface area contributed by atoms with Crippen molar-refractivity contribution in [1.29, 1.82) is 0 Å². The van der Waals surface area contributed by atoms with Crippen LogP contribution in [0.3, 0.4) is 0 Å². The molecular formula is C15H10N2O. The number of nitrogens with zero attached hydrogens (tertiary/aromatic N) is 2. The van der Waals surface area contributed by atoms with Crippen LogP contribution in [-0.4, -0.2) is 4.79 Å². The predicted octanol–water partition coefficient (Wildman–Crippen LogP) is 3.23. The normalized spacial score (nSPS) is 10.2. The highest BCUT2D eigenvalue weighted by Gasteiger charge is 2.08. The van der Waals surface area contributed by atoms with Crippen molar-refractivity contribution < 1.29 is 9.21 Å². The SMILES string of the molecule is [N-]=[N+]=c1cc(-c2ccccc2)oc2ccccc12. The molecule has 0 atom stereocenters. The van der Waals surface area contributed by atoms with Crippen molar-refractivity contribution in [2.75, 3.05) is 0 Å². The average Bonchev–Trinajstić information content (AvgIpc) is 2.47. The molecule has 0 amide bonds. The summed E-state index contributed by atoms with van der Waals surface area (Å²) in [6, 6.07) is 19.0. The maximum absolute atomic E-state index is 9.09. The zero-order chi connectivity index (χ0) is 12.4. The summed E-state index contributed by atoms with van der Waals surface area (Å²) in [5.74, 6) is 0.683. The molecule has 2 aromatic carbocycles. The summed E-state index contributed by atoms with van der Waals surface area (Å²) in [6.45, 7) is 0. The van der Waals surface area contributed by atoms with Gasteiger partial charge in [0.15, 0.2) is 0 Å². The third-order valence-electron chi connectivity index (χ3n) is 2.82. The average molecular weight is 234 g/mol. The Morgan fingerprint density at radius 1 is 0.889 bits per heavy atom. The number of rotatable bonds is 1. The minimum atomic E-state index is 0.510. The fourth-order valence-corrected chi connectivity index (χ4v) is 1.94. The molecule has 0 saturated carbocycles. The first-order valence-electron chi connectivity index (χ1n) is 5.65. The van der Waals surface area contributed by atoms with Crippen LogP contribution in [0.4, 0.5) is 0 Å². The van der Waals surface area contributed by atoms with E-state index in [4.69, 9.17) is 9.95 Å². The monoisotopic (exact) mass is 234 g/mol. The first-order chi connectivity index (χ1) is 8.88. The Bertz CT molecular complexity index is 784. The molecule has 0 fully saturated rings. The third-order valence-corrected chi connectivity index (χ3v) is 2.82. The van der Waals surface area contributed by atoms with Crippen LogP contribution < -0.4 is 5.36 Å². The van der Waals surface area contributed by atoms with Crippen LogP contribution in [0.25, 0.3) is 27.8 Å². The number of hydrogen-bond donors (Lipinski definition) is 0. The van der Waals surface area contributed by atoms with Gasteiger partial charge in [0.25, 0.3) is 0 Å². The highest BCUT2D eigenvalue weighted by Crippen LogP contribution is 2.21. The number of para-hydroxylation sites is 1. The molecule has 18 heavy (non-hydrogen) atoms. The molecule has 0 spiro atoms. The summed E-state index contributed by atoms with van der Waals surface area (Å²) < 4.78 is 5.82. The van der Waals surface area contributed by atoms with Crippen LogP contribution in [0.2, 0.25) is 0 Å². The van der Waals surface area contributed by atoms with Gasteiger partial charge < -0.3 is 9.95 Å². The zero-order valence-corrected chi connectivity index (χ0v) is 9.58. The maximum Gasteiger partial charge on any atom is 0.330 e. The molecule has 0 aliphatic carbocycles. The van der Waals surface area contributed by atoms with Crippen LogP contribution in [-0.2, 0) is 0 Å². The molecule has 0 aliphatic rings. The molecule has 1 heterocycles. The lowest BCUT2D eigenvalue weighted by atomic mass is 10.1. The van der Waals surface area contributed by atoms with E-state index in [-0.39, 0.29) is 0 Å². The Kier molecular flexibility index (Phi) is 2.52.